The van der Waals surface area contributed by atoms with Crippen LogP contribution in [0.25, 0.3) is 0 Å². The Morgan fingerprint density at radius 2 is 1.55 bits per heavy atom. The molecule has 0 aromatic heterocycles. The predicted octanol–water partition coefficient (Wildman–Crippen LogP) is 2.91. The second-order valence-electron chi connectivity index (χ2n) is 5.92. The number of carbonyl (C=O) groups excluding carboxylic acids is 1. The molecule has 148 valence electrons. The van der Waals surface area contributed by atoms with Crippen molar-refractivity contribution in [1.82, 2.24) is 10.1 Å². The third-order valence-corrected chi connectivity index (χ3v) is 5.13. The SMILES string of the molecule is O=C(CNS(=O)(=O)c1ccccc1)N/N=C\c1cccc(Oc2ccccc2)c1. The van der Waals surface area contributed by atoms with E-state index in [1.54, 1.807) is 42.5 Å². The number of hydrogen-bond donors (Lipinski definition) is 2. The fourth-order valence-electron chi connectivity index (χ4n) is 2.34. The van der Waals surface area contributed by atoms with Gasteiger partial charge in [0.2, 0.25) is 10.0 Å². The molecule has 0 saturated carbocycles. The maximum atomic E-state index is 12.1. The predicted molar refractivity (Wildman–Crippen MR) is 110 cm³/mol. The third-order valence-electron chi connectivity index (χ3n) is 3.72. The van der Waals surface area contributed by atoms with Crippen LogP contribution in [0.15, 0.2) is 94.9 Å². The lowest BCUT2D eigenvalue weighted by atomic mass is 10.2. The minimum absolute atomic E-state index is 0.0894. The normalized spacial score (nSPS) is 11.3. The molecule has 29 heavy (non-hydrogen) atoms. The molecule has 0 radical (unpaired) electrons. The Morgan fingerprint density at radius 3 is 2.28 bits per heavy atom. The minimum Gasteiger partial charge on any atom is -0.457 e. The van der Waals surface area contributed by atoms with E-state index in [0.29, 0.717) is 17.1 Å². The van der Waals surface area contributed by atoms with Gasteiger partial charge in [-0.2, -0.15) is 5.10 Å². The van der Waals surface area contributed by atoms with Crippen molar-refractivity contribution in [2.45, 2.75) is 4.90 Å². The van der Waals surface area contributed by atoms with Gasteiger partial charge in [-0.1, -0.05) is 48.5 Å². The average molecular weight is 409 g/mol. The fourth-order valence-corrected chi connectivity index (χ4v) is 3.35. The van der Waals surface area contributed by atoms with E-state index in [9.17, 15) is 13.2 Å². The molecule has 0 spiro atoms. The molecule has 3 aromatic carbocycles. The zero-order chi connectivity index (χ0) is 20.5. The first-order valence-corrected chi connectivity index (χ1v) is 10.2. The van der Waals surface area contributed by atoms with Gasteiger partial charge in [0.1, 0.15) is 11.5 Å². The van der Waals surface area contributed by atoms with Gasteiger partial charge in [0.05, 0.1) is 17.7 Å². The lowest BCUT2D eigenvalue weighted by Gasteiger charge is -2.06. The van der Waals surface area contributed by atoms with Crippen molar-refractivity contribution in [2.75, 3.05) is 6.54 Å². The summed E-state index contributed by atoms with van der Waals surface area (Å²) >= 11 is 0. The van der Waals surface area contributed by atoms with E-state index in [1.807, 2.05) is 30.3 Å². The van der Waals surface area contributed by atoms with Gasteiger partial charge in [-0.3, -0.25) is 4.79 Å². The van der Waals surface area contributed by atoms with Crippen molar-refractivity contribution in [3.8, 4) is 11.5 Å². The van der Waals surface area contributed by atoms with Gasteiger partial charge in [-0.05, 0) is 42.0 Å². The largest absolute Gasteiger partial charge is 0.457 e. The molecule has 7 nitrogen and oxygen atoms in total. The summed E-state index contributed by atoms with van der Waals surface area (Å²) in [6.07, 6.45) is 1.45. The van der Waals surface area contributed by atoms with Crippen molar-refractivity contribution < 1.29 is 17.9 Å². The Morgan fingerprint density at radius 1 is 0.897 bits per heavy atom. The standard InChI is InChI=1S/C21H19N3O4S/c25-21(16-23-29(26,27)20-12-5-2-6-13-20)24-22-15-17-8-7-11-19(14-17)28-18-9-3-1-4-10-18/h1-15,23H,16H2,(H,24,25)/b22-15-. The first-order valence-electron chi connectivity index (χ1n) is 8.72. The average Bonchev–Trinajstić information content (AvgIpc) is 2.74. The molecule has 0 aliphatic carbocycles. The second kappa shape index (κ2) is 9.63. The topological polar surface area (TPSA) is 96.9 Å². The number of hydrogen-bond acceptors (Lipinski definition) is 5. The molecule has 0 unspecified atom stereocenters. The molecule has 0 aliphatic heterocycles. The molecule has 0 saturated heterocycles. The highest BCUT2D eigenvalue weighted by atomic mass is 32.2. The highest BCUT2D eigenvalue weighted by molar-refractivity contribution is 7.89. The summed E-state index contributed by atoms with van der Waals surface area (Å²) < 4.78 is 32.1. The highest BCUT2D eigenvalue weighted by Gasteiger charge is 2.14. The first-order chi connectivity index (χ1) is 14.0. The monoisotopic (exact) mass is 409 g/mol. The van der Waals surface area contributed by atoms with E-state index in [4.69, 9.17) is 4.74 Å². The Labute approximate surface area is 169 Å². The molecule has 2 N–H and O–H groups in total. The van der Waals surface area contributed by atoms with Crippen LogP contribution in [0.3, 0.4) is 0 Å². The fraction of sp³-hybridized carbons (Fsp3) is 0.0476. The molecule has 8 heteroatoms. The smallest absolute Gasteiger partial charge is 0.255 e. The molecule has 0 aliphatic rings. The number of benzene rings is 3. The van der Waals surface area contributed by atoms with Gasteiger partial charge in [-0.15, -0.1) is 0 Å². The Kier molecular flexibility index (Phi) is 6.72. The van der Waals surface area contributed by atoms with Crippen LogP contribution in [0.1, 0.15) is 5.56 Å². The van der Waals surface area contributed by atoms with Gasteiger partial charge >= 0.3 is 0 Å². The summed E-state index contributed by atoms with van der Waals surface area (Å²) in [5.41, 5.74) is 3.00. The number of hydrazone groups is 1. The van der Waals surface area contributed by atoms with Crippen LogP contribution in [-0.4, -0.2) is 27.1 Å². The number of para-hydroxylation sites is 1. The second-order valence-corrected chi connectivity index (χ2v) is 7.69. The van der Waals surface area contributed by atoms with Crippen molar-refractivity contribution in [2.24, 2.45) is 5.10 Å². The molecular weight excluding hydrogens is 390 g/mol. The van der Waals surface area contributed by atoms with Gasteiger partial charge in [0.15, 0.2) is 0 Å². The summed E-state index contributed by atoms with van der Waals surface area (Å²) in [6, 6.07) is 24.3. The van der Waals surface area contributed by atoms with E-state index in [0.717, 1.165) is 0 Å². The summed E-state index contributed by atoms with van der Waals surface area (Å²) in [4.78, 5) is 11.9. The van der Waals surface area contributed by atoms with Gasteiger partial charge in [-0.25, -0.2) is 18.6 Å². The van der Waals surface area contributed by atoms with E-state index in [-0.39, 0.29) is 4.90 Å². The summed E-state index contributed by atoms with van der Waals surface area (Å²) in [6.45, 7) is -0.425. The van der Waals surface area contributed by atoms with Gasteiger partial charge < -0.3 is 4.74 Å². The van der Waals surface area contributed by atoms with E-state index in [2.05, 4.69) is 15.2 Å². The van der Waals surface area contributed by atoms with E-state index < -0.39 is 22.5 Å². The van der Waals surface area contributed by atoms with Crippen LogP contribution < -0.4 is 14.9 Å². The lowest BCUT2D eigenvalue weighted by Crippen LogP contribution is -2.34. The number of amides is 1. The van der Waals surface area contributed by atoms with Crippen LogP contribution in [-0.2, 0) is 14.8 Å². The van der Waals surface area contributed by atoms with Crippen molar-refractivity contribution in [3.63, 3.8) is 0 Å². The van der Waals surface area contributed by atoms with Gasteiger partial charge in [0.25, 0.3) is 5.91 Å². The molecule has 0 atom stereocenters. The quantitative estimate of drug-likeness (QED) is 0.442. The van der Waals surface area contributed by atoms with Crippen molar-refractivity contribution in [3.05, 3.63) is 90.5 Å². The molecular formula is C21H19N3O4S. The van der Waals surface area contributed by atoms with E-state index >= 15 is 0 Å². The van der Waals surface area contributed by atoms with Crippen molar-refractivity contribution >= 4 is 22.1 Å². The van der Waals surface area contributed by atoms with Crippen LogP contribution in [0.5, 0.6) is 11.5 Å². The molecule has 0 fully saturated rings. The zero-order valence-electron chi connectivity index (χ0n) is 15.4. The van der Waals surface area contributed by atoms with Gasteiger partial charge in [0, 0.05) is 0 Å². The number of ether oxygens (including phenoxy) is 1. The first kappa shape index (κ1) is 20.2. The Hall–Kier alpha value is -3.49. The zero-order valence-corrected chi connectivity index (χ0v) is 16.2. The lowest BCUT2D eigenvalue weighted by molar-refractivity contribution is -0.119. The maximum absolute atomic E-state index is 12.1. The summed E-state index contributed by atoms with van der Waals surface area (Å²) in [5.74, 6) is 0.750. The molecule has 3 aromatic rings. The number of rotatable bonds is 8. The minimum atomic E-state index is -3.75. The van der Waals surface area contributed by atoms with Crippen LogP contribution >= 0.6 is 0 Å². The van der Waals surface area contributed by atoms with Crippen LogP contribution in [0.2, 0.25) is 0 Å². The van der Waals surface area contributed by atoms with Crippen LogP contribution in [0, 0.1) is 0 Å². The molecule has 0 heterocycles. The molecule has 0 bridgehead atoms. The summed E-state index contributed by atoms with van der Waals surface area (Å²) in [7, 11) is -3.75. The number of sulfonamides is 1. The maximum Gasteiger partial charge on any atom is 0.255 e. The Bertz CT molecular complexity index is 1090. The van der Waals surface area contributed by atoms with Crippen LogP contribution in [0.4, 0.5) is 0 Å². The number of carbonyl (C=O) groups is 1. The number of nitrogens with one attached hydrogen (secondary N) is 2. The van der Waals surface area contributed by atoms with Crippen molar-refractivity contribution in [1.29, 1.82) is 0 Å². The summed E-state index contributed by atoms with van der Waals surface area (Å²) in [5, 5.41) is 3.85. The highest BCUT2D eigenvalue weighted by Crippen LogP contribution is 2.21. The molecule has 3 rings (SSSR count). The molecule has 1 amide bonds. The number of nitrogens with zero attached hydrogens (tertiary/aromatic N) is 1. The third kappa shape index (κ3) is 6.27. The Balaban J connectivity index is 1.52. The van der Waals surface area contributed by atoms with E-state index in [1.165, 1.54) is 18.3 Å².